The van der Waals surface area contributed by atoms with Crippen LogP contribution in [-0.2, 0) is 21.0 Å². The summed E-state index contributed by atoms with van der Waals surface area (Å²) in [5.41, 5.74) is -1.03. The highest BCUT2D eigenvalue weighted by atomic mass is 35.5. The lowest BCUT2D eigenvalue weighted by atomic mass is 10.2. The van der Waals surface area contributed by atoms with Crippen LogP contribution in [0, 0.1) is 0 Å². The van der Waals surface area contributed by atoms with Gasteiger partial charge in [0.25, 0.3) is 15.9 Å². The Balaban J connectivity index is 1.61. The normalized spacial score (nSPS) is 11.7. The molecule has 3 aromatic carbocycles. The summed E-state index contributed by atoms with van der Waals surface area (Å²) >= 11 is 17.3. The number of hydrogen-bond acceptors (Lipinski definition) is 4. The number of hydrogen-bond donors (Lipinski definition) is 2. The fraction of sp³-hybridized carbons (Fsp3) is 0.0952. The average molecular weight is 554 g/mol. The number of nitrogens with one attached hydrogen (secondary N) is 2. The van der Waals surface area contributed by atoms with Gasteiger partial charge in [-0.25, -0.2) is 8.42 Å². The fourth-order valence-electron chi connectivity index (χ4n) is 2.71. The van der Waals surface area contributed by atoms with E-state index in [1.165, 1.54) is 48.5 Å². The van der Waals surface area contributed by atoms with Gasteiger partial charge in [-0.05, 0) is 60.7 Å². The maximum atomic E-state index is 12.9. The van der Waals surface area contributed by atoms with Crippen molar-refractivity contribution < 1.29 is 31.1 Å². The zero-order chi connectivity index (χ0) is 25.1. The number of benzene rings is 3. The lowest BCUT2D eigenvalue weighted by Crippen LogP contribution is -2.20. The number of sulfonamides is 1. The summed E-state index contributed by atoms with van der Waals surface area (Å²) < 4.78 is 71.5. The van der Waals surface area contributed by atoms with Crippen molar-refractivity contribution in [2.24, 2.45) is 0 Å². The van der Waals surface area contributed by atoms with Crippen molar-refractivity contribution in [3.05, 3.63) is 81.3 Å². The molecule has 0 saturated heterocycles. The third-order valence-corrected chi connectivity index (χ3v) is 6.34. The molecule has 0 radical (unpaired) electrons. The summed E-state index contributed by atoms with van der Waals surface area (Å²) in [6, 6.07) is 12.3. The molecule has 13 heteroatoms. The smallest absolute Gasteiger partial charge is 0.417 e. The number of amides is 1. The minimum Gasteiger partial charge on any atom is -0.484 e. The third kappa shape index (κ3) is 6.92. The molecule has 3 rings (SSSR count). The van der Waals surface area contributed by atoms with E-state index in [4.69, 9.17) is 39.5 Å². The van der Waals surface area contributed by atoms with Gasteiger partial charge in [0.2, 0.25) is 0 Å². The molecule has 180 valence electrons. The molecule has 3 aromatic rings. The van der Waals surface area contributed by atoms with Crippen LogP contribution < -0.4 is 14.8 Å². The van der Waals surface area contributed by atoms with Crippen LogP contribution in [0.2, 0.25) is 15.1 Å². The molecule has 0 aliphatic heterocycles. The maximum Gasteiger partial charge on any atom is 0.417 e. The van der Waals surface area contributed by atoms with E-state index < -0.39 is 39.3 Å². The standard InChI is InChI=1S/C21H14Cl3F3N2O4S/c22-12-7-13(23)9-15(8-12)29-34(31,32)17-4-2-16(3-5-17)33-11-20(30)28-14-1-6-19(24)18(10-14)21(25,26)27/h1-10,29H,11H2,(H,28,30). The Morgan fingerprint density at radius 3 is 2.09 bits per heavy atom. The van der Waals surface area contributed by atoms with Gasteiger partial charge in [0.15, 0.2) is 6.61 Å². The van der Waals surface area contributed by atoms with E-state index in [-0.39, 0.29) is 32.1 Å². The van der Waals surface area contributed by atoms with E-state index in [0.717, 1.165) is 6.07 Å². The molecule has 0 aliphatic rings. The van der Waals surface area contributed by atoms with Gasteiger partial charge >= 0.3 is 6.18 Å². The van der Waals surface area contributed by atoms with Gasteiger partial charge in [-0.1, -0.05) is 34.8 Å². The van der Waals surface area contributed by atoms with E-state index in [1.807, 2.05) is 0 Å². The van der Waals surface area contributed by atoms with Crippen molar-refractivity contribution in [2.75, 3.05) is 16.6 Å². The van der Waals surface area contributed by atoms with Crippen molar-refractivity contribution >= 4 is 62.1 Å². The van der Waals surface area contributed by atoms with Gasteiger partial charge in [-0.2, -0.15) is 13.2 Å². The second kappa shape index (κ2) is 10.3. The minimum atomic E-state index is -4.68. The van der Waals surface area contributed by atoms with Crippen LogP contribution in [0.25, 0.3) is 0 Å². The summed E-state index contributed by atoms with van der Waals surface area (Å²) in [6.07, 6.45) is -4.68. The first kappa shape index (κ1) is 26.0. The largest absolute Gasteiger partial charge is 0.484 e. The van der Waals surface area contributed by atoms with Crippen LogP contribution >= 0.6 is 34.8 Å². The average Bonchev–Trinajstić information content (AvgIpc) is 2.72. The molecule has 2 N–H and O–H groups in total. The summed E-state index contributed by atoms with van der Waals surface area (Å²) in [7, 11) is -3.96. The number of carbonyl (C=O) groups excluding carboxylic acids is 1. The Hall–Kier alpha value is -2.66. The summed E-state index contributed by atoms with van der Waals surface area (Å²) in [6.45, 7) is -0.532. The number of halogens is 6. The van der Waals surface area contributed by atoms with E-state index in [9.17, 15) is 26.4 Å². The summed E-state index contributed by atoms with van der Waals surface area (Å²) in [5, 5.41) is 2.28. The van der Waals surface area contributed by atoms with Crippen LogP contribution in [0.1, 0.15) is 5.56 Å². The lowest BCUT2D eigenvalue weighted by molar-refractivity contribution is -0.137. The Kier molecular flexibility index (Phi) is 7.87. The molecule has 0 aromatic heterocycles. The van der Waals surface area contributed by atoms with Gasteiger partial charge in [0.05, 0.1) is 21.2 Å². The van der Waals surface area contributed by atoms with Gasteiger partial charge in [-0.3, -0.25) is 9.52 Å². The Morgan fingerprint density at radius 2 is 1.50 bits per heavy atom. The monoisotopic (exact) mass is 552 g/mol. The molecule has 34 heavy (non-hydrogen) atoms. The first-order valence-corrected chi connectivity index (χ1v) is 11.8. The van der Waals surface area contributed by atoms with Crippen molar-refractivity contribution in [3.63, 3.8) is 0 Å². The van der Waals surface area contributed by atoms with Crippen molar-refractivity contribution in [2.45, 2.75) is 11.1 Å². The molecule has 0 unspecified atom stereocenters. The van der Waals surface area contributed by atoms with Crippen LogP contribution in [0.4, 0.5) is 24.5 Å². The van der Waals surface area contributed by atoms with Gasteiger partial charge in [0, 0.05) is 15.7 Å². The molecule has 6 nitrogen and oxygen atoms in total. The zero-order valence-corrected chi connectivity index (χ0v) is 19.9. The first-order chi connectivity index (χ1) is 15.8. The molecule has 1 amide bonds. The van der Waals surface area contributed by atoms with Crippen molar-refractivity contribution in [3.8, 4) is 5.75 Å². The van der Waals surface area contributed by atoms with Gasteiger partial charge in [0.1, 0.15) is 5.75 Å². The Morgan fingerprint density at radius 1 is 0.882 bits per heavy atom. The van der Waals surface area contributed by atoms with Crippen LogP contribution in [0.3, 0.4) is 0 Å². The number of anilines is 2. The molecular formula is C21H14Cl3F3N2O4S. The molecule has 0 bridgehead atoms. The highest BCUT2D eigenvalue weighted by Crippen LogP contribution is 2.36. The topological polar surface area (TPSA) is 84.5 Å². The molecule has 0 atom stereocenters. The second-order valence-electron chi connectivity index (χ2n) is 6.76. The van der Waals surface area contributed by atoms with Crippen LogP contribution in [0.5, 0.6) is 5.75 Å². The molecular weight excluding hydrogens is 540 g/mol. The van der Waals surface area contributed by atoms with E-state index >= 15 is 0 Å². The Labute approximate surface area is 207 Å². The fourth-order valence-corrected chi connectivity index (χ4v) is 4.50. The highest BCUT2D eigenvalue weighted by molar-refractivity contribution is 7.92. The van der Waals surface area contributed by atoms with Crippen LogP contribution in [-0.4, -0.2) is 20.9 Å². The van der Waals surface area contributed by atoms with E-state index in [2.05, 4.69) is 10.0 Å². The molecule has 0 spiro atoms. The number of alkyl halides is 3. The van der Waals surface area contributed by atoms with Gasteiger partial charge in [-0.15, -0.1) is 0 Å². The SMILES string of the molecule is O=C(COc1ccc(S(=O)(=O)Nc2cc(Cl)cc(Cl)c2)cc1)Nc1ccc(Cl)c(C(F)(F)F)c1. The predicted molar refractivity (Wildman–Crippen MR) is 124 cm³/mol. The lowest BCUT2D eigenvalue weighted by Gasteiger charge is -2.12. The maximum absolute atomic E-state index is 12.9. The van der Waals surface area contributed by atoms with E-state index in [0.29, 0.717) is 6.07 Å². The number of carbonyl (C=O) groups is 1. The number of ether oxygens (including phenoxy) is 1. The van der Waals surface area contributed by atoms with Crippen molar-refractivity contribution in [1.29, 1.82) is 0 Å². The quantitative estimate of drug-likeness (QED) is 0.351. The predicted octanol–water partition coefficient (Wildman–Crippen LogP) is 6.48. The van der Waals surface area contributed by atoms with Crippen LogP contribution in [0.15, 0.2) is 65.6 Å². The highest BCUT2D eigenvalue weighted by Gasteiger charge is 2.33. The molecule has 0 aliphatic carbocycles. The molecule has 0 fully saturated rings. The third-order valence-electron chi connectivity index (χ3n) is 4.17. The van der Waals surface area contributed by atoms with Gasteiger partial charge < -0.3 is 10.1 Å². The minimum absolute atomic E-state index is 0.0961. The molecule has 0 saturated carbocycles. The number of rotatable bonds is 7. The van der Waals surface area contributed by atoms with E-state index in [1.54, 1.807) is 0 Å². The summed E-state index contributed by atoms with van der Waals surface area (Å²) in [5.74, 6) is -0.571. The summed E-state index contributed by atoms with van der Waals surface area (Å²) in [4.78, 5) is 11.9. The molecule has 0 heterocycles. The second-order valence-corrected chi connectivity index (χ2v) is 9.73. The Bertz CT molecular complexity index is 1300. The first-order valence-electron chi connectivity index (χ1n) is 9.22. The zero-order valence-electron chi connectivity index (χ0n) is 16.8. The van der Waals surface area contributed by atoms with Crippen molar-refractivity contribution in [1.82, 2.24) is 0 Å².